The van der Waals surface area contributed by atoms with E-state index in [1.165, 1.54) is 13.3 Å². The fourth-order valence-corrected chi connectivity index (χ4v) is 2.87. The van der Waals surface area contributed by atoms with E-state index in [0.29, 0.717) is 11.6 Å². The number of anilines is 1. The Morgan fingerprint density at radius 2 is 1.90 bits per heavy atom. The molecule has 2 aromatic heterocycles. The van der Waals surface area contributed by atoms with Gasteiger partial charge in [0.2, 0.25) is 5.95 Å². The summed E-state index contributed by atoms with van der Waals surface area (Å²) in [6, 6.07) is 4.75. The van der Waals surface area contributed by atoms with Crippen molar-refractivity contribution in [2.75, 3.05) is 12.8 Å². The third kappa shape index (κ3) is 3.96. The van der Waals surface area contributed by atoms with Crippen LogP contribution < -0.4 is 10.5 Å². The Labute approximate surface area is 164 Å². The standard InChI is InChI=1S/C19H19F3N4O3/c1-18(2,3)29-17(27)26-9-11(10-6-5-7-13(28-4)15(10)26)14-12(19(20,21)22)8-24-16(23)25-14/h5-9H,1-4H3,(H2,23,24,25). The van der Waals surface area contributed by atoms with Gasteiger partial charge in [-0.1, -0.05) is 12.1 Å². The second-order valence-electron chi connectivity index (χ2n) is 7.24. The van der Waals surface area contributed by atoms with Gasteiger partial charge in [0.25, 0.3) is 0 Å². The maximum absolute atomic E-state index is 13.6. The Bertz CT molecular complexity index is 1080. The number of hydrogen-bond acceptors (Lipinski definition) is 6. The van der Waals surface area contributed by atoms with Crippen LogP contribution in [0.5, 0.6) is 5.75 Å². The lowest BCUT2D eigenvalue weighted by Crippen LogP contribution is -2.26. The van der Waals surface area contributed by atoms with Gasteiger partial charge in [0.05, 0.1) is 12.8 Å². The predicted molar refractivity (Wildman–Crippen MR) is 101 cm³/mol. The lowest BCUT2D eigenvalue weighted by Gasteiger charge is -2.20. The monoisotopic (exact) mass is 408 g/mol. The highest BCUT2D eigenvalue weighted by molar-refractivity contribution is 6.03. The lowest BCUT2D eigenvalue weighted by atomic mass is 10.1. The fourth-order valence-electron chi connectivity index (χ4n) is 2.87. The number of carbonyl (C=O) groups is 1. The van der Waals surface area contributed by atoms with Gasteiger partial charge < -0.3 is 15.2 Å². The second kappa shape index (κ2) is 6.94. The molecule has 0 fully saturated rings. The molecule has 0 amide bonds. The Hall–Kier alpha value is -3.30. The molecule has 0 aliphatic heterocycles. The third-order valence-electron chi connectivity index (χ3n) is 3.97. The first-order valence-corrected chi connectivity index (χ1v) is 8.54. The zero-order valence-electron chi connectivity index (χ0n) is 16.2. The number of methoxy groups -OCH3 is 1. The molecule has 0 atom stereocenters. The first-order chi connectivity index (χ1) is 13.4. The van der Waals surface area contributed by atoms with E-state index in [1.807, 2.05) is 0 Å². The van der Waals surface area contributed by atoms with Crippen LogP contribution in [0.1, 0.15) is 26.3 Å². The summed E-state index contributed by atoms with van der Waals surface area (Å²) in [6.45, 7) is 5.05. The topological polar surface area (TPSA) is 92.3 Å². The number of benzene rings is 1. The summed E-state index contributed by atoms with van der Waals surface area (Å²) in [7, 11) is 1.39. The number of carbonyl (C=O) groups excluding carboxylic acids is 1. The van der Waals surface area contributed by atoms with Gasteiger partial charge in [0.1, 0.15) is 22.4 Å². The Kier molecular flexibility index (Phi) is 4.89. The van der Waals surface area contributed by atoms with Gasteiger partial charge in [-0.15, -0.1) is 0 Å². The fraction of sp³-hybridized carbons (Fsp3) is 0.316. The van der Waals surface area contributed by atoms with Gasteiger partial charge in [-0.2, -0.15) is 13.2 Å². The van der Waals surface area contributed by atoms with E-state index in [2.05, 4.69) is 9.97 Å². The number of hydrogen-bond donors (Lipinski definition) is 1. The van der Waals surface area contributed by atoms with Gasteiger partial charge in [-0.3, -0.25) is 0 Å². The summed E-state index contributed by atoms with van der Waals surface area (Å²) in [5, 5.41) is 0.318. The number of fused-ring (bicyclic) bond motifs is 1. The van der Waals surface area contributed by atoms with Crippen molar-refractivity contribution in [2.45, 2.75) is 32.5 Å². The number of alkyl halides is 3. The average Bonchev–Trinajstić information content (AvgIpc) is 2.99. The second-order valence-corrected chi connectivity index (χ2v) is 7.24. The minimum atomic E-state index is -4.72. The summed E-state index contributed by atoms with van der Waals surface area (Å²) in [5.74, 6) is -0.0377. The molecule has 7 nitrogen and oxygen atoms in total. The summed E-state index contributed by atoms with van der Waals surface area (Å²) in [6.07, 6.45) is -3.64. The molecule has 10 heteroatoms. The zero-order valence-corrected chi connectivity index (χ0v) is 16.2. The predicted octanol–water partition coefficient (Wildman–Crippen LogP) is 4.49. The van der Waals surface area contributed by atoms with E-state index in [-0.39, 0.29) is 22.8 Å². The summed E-state index contributed by atoms with van der Waals surface area (Å²) >= 11 is 0. The van der Waals surface area contributed by atoms with Crippen molar-refractivity contribution in [1.82, 2.24) is 14.5 Å². The SMILES string of the molecule is COc1cccc2c(-c3nc(N)ncc3C(F)(F)F)cn(C(=O)OC(C)(C)C)c12. The van der Waals surface area contributed by atoms with Crippen LogP contribution in [0.25, 0.3) is 22.2 Å². The van der Waals surface area contributed by atoms with E-state index in [0.717, 1.165) is 4.57 Å². The smallest absolute Gasteiger partial charge is 0.419 e. The van der Waals surface area contributed by atoms with Crippen LogP contribution in [0, 0.1) is 0 Å². The van der Waals surface area contributed by atoms with Crippen molar-refractivity contribution in [3.63, 3.8) is 0 Å². The molecule has 154 valence electrons. The number of nitrogens with two attached hydrogens (primary N) is 1. The molecular formula is C19H19F3N4O3. The Balaban J connectivity index is 2.35. The van der Waals surface area contributed by atoms with E-state index < -0.39 is 29.1 Å². The molecular weight excluding hydrogens is 389 g/mol. The lowest BCUT2D eigenvalue weighted by molar-refractivity contribution is -0.137. The van der Waals surface area contributed by atoms with Crippen molar-refractivity contribution in [2.24, 2.45) is 0 Å². The molecule has 0 saturated heterocycles. The quantitative estimate of drug-likeness (QED) is 0.672. The Morgan fingerprint density at radius 1 is 1.21 bits per heavy atom. The molecule has 0 saturated carbocycles. The molecule has 0 spiro atoms. The molecule has 2 heterocycles. The van der Waals surface area contributed by atoms with Crippen LogP contribution in [-0.4, -0.2) is 33.3 Å². The number of ether oxygens (including phenoxy) is 2. The number of halogens is 3. The normalized spacial score (nSPS) is 12.2. The number of nitrogens with zero attached hydrogens (tertiary/aromatic N) is 3. The summed E-state index contributed by atoms with van der Waals surface area (Å²) in [4.78, 5) is 20.0. The van der Waals surface area contributed by atoms with Gasteiger partial charge in [0.15, 0.2) is 0 Å². The number of rotatable bonds is 2. The van der Waals surface area contributed by atoms with Gasteiger partial charge >= 0.3 is 12.3 Å². The van der Waals surface area contributed by atoms with Crippen LogP contribution >= 0.6 is 0 Å². The molecule has 0 unspecified atom stereocenters. The largest absolute Gasteiger partial charge is 0.495 e. The van der Waals surface area contributed by atoms with E-state index >= 15 is 0 Å². The molecule has 0 bridgehead atoms. The van der Waals surface area contributed by atoms with Gasteiger partial charge in [0, 0.05) is 23.3 Å². The molecule has 1 aromatic carbocycles. The summed E-state index contributed by atoms with van der Waals surface area (Å²) in [5.41, 5.74) is 3.52. The molecule has 0 aliphatic carbocycles. The van der Waals surface area contributed by atoms with E-state index in [4.69, 9.17) is 15.2 Å². The van der Waals surface area contributed by atoms with Crippen LogP contribution in [-0.2, 0) is 10.9 Å². The minimum absolute atomic E-state index is 0.0474. The number of nitrogen functional groups attached to an aromatic ring is 1. The van der Waals surface area contributed by atoms with Crippen molar-refractivity contribution in [3.8, 4) is 17.0 Å². The highest BCUT2D eigenvalue weighted by Crippen LogP contribution is 2.41. The highest BCUT2D eigenvalue weighted by Gasteiger charge is 2.36. The van der Waals surface area contributed by atoms with Gasteiger partial charge in [-0.05, 0) is 26.8 Å². The van der Waals surface area contributed by atoms with Crippen molar-refractivity contribution in [1.29, 1.82) is 0 Å². The van der Waals surface area contributed by atoms with Crippen LogP contribution in [0.3, 0.4) is 0 Å². The first-order valence-electron chi connectivity index (χ1n) is 8.54. The molecule has 3 aromatic rings. The number of para-hydroxylation sites is 1. The molecule has 0 aliphatic rings. The van der Waals surface area contributed by atoms with Crippen LogP contribution in [0.4, 0.5) is 23.9 Å². The van der Waals surface area contributed by atoms with Crippen molar-refractivity contribution >= 4 is 22.9 Å². The molecule has 2 N–H and O–H groups in total. The van der Waals surface area contributed by atoms with Crippen molar-refractivity contribution < 1.29 is 27.4 Å². The average molecular weight is 408 g/mol. The molecule has 0 radical (unpaired) electrons. The first kappa shape index (κ1) is 20.4. The number of aromatic nitrogens is 3. The van der Waals surface area contributed by atoms with Crippen molar-refractivity contribution in [3.05, 3.63) is 36.2 Å². The van der Waals surface area contributed by atoms with Crippen LogP contribution in [0.15, 0.2) is 30.6 Å². The molecule has 3 rings (SSSR count). The highest BCUT2D eigenvalue weighted by atomic mass is 19.4. The maximum Gasteiger partial charge on any atom is 0.419 e. The zero-order chi connectivity index (χ0) is 21.6. The van der Waals surface area contributed by atoms with E-state index in [1.54, 1.807) is 39.0 Å². The minimum Gasteiger partial charge on any atom is -0.495 e. The third-order valence-corrected chi connectivity index (χ3v) is 3.97. The Morgan fingerprint density at radius 3 is 2.48 bits per heavy atom. The van der Waals surface area contributed by atoms with E-state index in [9.17, 15) is 18.0 Å². The summed E-state index contributed by atoms with van der Waals surface area (Å²) < 4.78 is 52.5. The molecule has 29 heavy (non-hydrogen) atoms. The van der Waals surface area contributed by atoms with Gasteiger partial charge in [-0.25, -0.2) is 19.3 Å². The van der Waals surface area contributed by atoms with Crippen LogP contribution in [0.2, 0.25) is 0 Å². The maximum atomic E-state index is 13.6.